The molecule has 0 aliphatic rings. The van der Waals surface area contributed by atoms with Gasteiger partial charge in [-0.2, -0.15) is 0 Å². The van der Waals surface area contributed by atoms with E-state index in [1.807, 2.05) is 0 Å². The standard InChI is InChI=1S/C17H26O8Si/c1-14(18)25-16(12-23-10-11-26(20-2,21-3)22-4)13-24-17(19)15-8-6-5-7-9-15/h5-9,16H,10-13H2,1-4H3. The number of hydrogen-bond acceptors (Lipinski definition) is 8. The van der Waals surface area contributed by atoms with Gasteiger partial charge in [0.2, 0.25) is 0 Å². The van der Waals surface area contributed by atoms with E-state index in [0.717, 1.165) is 0 Å². The third-order valence-electron chi connectivity index (χ3n) is 3.53. The van der Waals surface area contributed by atoms with E-state index in [4.69, 9.17) is 27.5 Å². The van der Waals surface area contributed by atoms with Crippen LogP contribution in [0.1, 0.15) is 17.3 Å². The van der Waals surface area contributed by atoms with Gasteiger partial charge in [-0.25, -0.2) is 4.79 Å². The molecule has 8 nitrogen and oxygen atoms in total. The molecule has 0 amide bonds. The lowest BCUT2D eigenvalue weighted by Crippen LogP contribution is -2.44. The predicted octanol–water partition coefficient (Wildman–Crippen LogP) is 1.67. The maximum atomic E-state index is 12.0. The molecular weight excluding hydrogens is 360 g/mol. The number of ether oxygens (including phenoxy) is 3. The van der Waals surface area contributed by atoms with Gasteiger partial charge in [0.05, 0.1) is 18.8 Å². The molecule has 1 aromatic rings. The minimum absolute atomic E-state index is 0.0727. The maximum absolute atomic E-state index is 12.0. The highest BCUT2D eigenvalue weighted by Gasteiger charge is 2.37. The molecule has 26 heavy (non-hydrogen) atoms. The topological polar surface area (TPSA) is 89.5 Å². The van der Waals surface area contributed by atoms with Crippen LogP contribution in [0.15, 0.2) is 30.3 Å². The van der Waals surface area contributed by atoms with Gasteiger partial charge in [0.15, 0.2) is 6.10 Å². The summed E-state index contributed by atoms with van der Waals surface area (Å²) < 4.78 is 31.7. The Morgan fingerprint density at radius 3 is 2.15 bits per heavy atom. The van der Waals surface area contributed by atoms with Crippen molar-refractivity contribution in [1.29, 1.82) is 0 Å². The Morgan fingerprint density at radius 1 is 1.00 bits per heavy atom. The first-order valence-corrected chi connectivity index (χ1v) is 10.0. The Kier molecular flexibility index (Phi) is 10.1. The van der Waals surface area contributed by atoms with Crippen molar-refractivity contribution in [3.8, 4) is 0 Å². The normalized spacial score (nSPS) is 12.5. The summed E-state index contributed by atoms with van der Waals surface area (Å²) in [4.78, 5) is 23.2. The Balaban J connectivity index is 2.46. The zero-order valence-corrected chi connectivity index (χ0v) is 16.6. The Labute approximate surface area is 154 Å². The van der Waals surface area contributed by atoms with Crippen molar-refractivity contribution < 1.29 is 37.1 Å². The van der Waals surface area contributed by atoms with Crippen LogP contribution in [0.25, 0.3) is 0 Å². The van der Waals surface area contributed by atoms with Crippen LogP contribution in [-0.4, -0.2) is 68.0 Å². The van der Waals surface area contributed by atoms with Crippen molar-refractivity contribution in [2.24, 2.45) is 0 Å². The molecule has 9 heteroatoms. The Morgan fingerprint density at radius 2 is 1.62 bits per heavy atom. The Bertz CT molecular complexity index is 539. The van der Waals surface area contributed by atoms with Crippen LogP contribution in [0.4, 0.5) is 0 Å². The van der Waals surface area contributed by atoms with Crippen LogP contribution in [0.3, 0.4) is 0 Å². The molecule has 0 N–H and O–H groups in total. The van der Waals surface area contributed by atoms with Gasteiger partial charge in [-0.3, -0.25) is 4.79 Å². The van der Waals surface area contributed by atoms with Gasteiger partial charge in [0.1, 0.15) is 6.61 Å². The molecule has 0 aliphatic carbocycles. The zero-order chi connectivity index (χ0) is 19.4. The highest BCUT2D eigenvalue weighted by molar-refractivity contribution is 6.60. The van der Waals surface area contributed by atoms with Crippen molar-refractivity contribution in [3.05, 3.63) is 35.9 Å². The summed E-state index contributed by atoms with van der Waals surface area (Å²) in [5, 5.41) is 0. The van der Waals surface area contributed by atoms with E-state index >= 15 is 0 Å². The molecule has 0 fully saturated rings. The summed E-state index contributed by atoms with van der Waals surface area (Å²) in [6.45, 7) is 1.54. The van der Waals surface area contributed by atoms with E-state index in [9.17, 15) is 9.59 Å². The molecule has 0 saturated heterocycles. The van der Waals surface area contributed by atoms with Crippen LogP contribution in [0.5, 0.6) is 0 Å². The number of rotatable bonds is 12. The predicted molar refractivity (Wildman–Crippen MR) is 94.7 cm³/mol. The molecule has 0 radical (unpaired) electrons. The zero-order valence-electron chi connectivity index (χ0n) is 15.6. The summed E-state index contributed by atoms with van der Waals surface area (Å²) in [5.74, 6) is -0.976. The molecule has 0 spiro atoms. The molecule has 0 saturated carbocycles. The lowest BCUT2D eigenvalue weighted by molar-refractivity contribution is -0.152. The fraction of sp³-hybridized carbons (Fsp3) is 0.529. The molecule has 1 aromatic carbocycles. The highest BCUT2D eigenvalue weighted by atomic mass is 28.4. The first kappa shape index (κ1) is 22.3. The van der Waals surface area contributed by atoms with Gasteiger partial charge < -0.3 is 27.5 Å². The first-order valence-electron chi connectivity index (χ1n) is 8.09. The van der Waals surface area contributed by atoms with E-state index in [0.29, 0.717) is 11.6 Å². The minimum atomic E-state index is -2.72. The maximum Gasteiger partial charge on any atom is 0.502 e. The molecule has 146 valence electrons. The highest BCUT2D eigenvalue weighted by Crippen LogP contribution is 2.12. The number of carbonyl (C=O) groups is 2. The molecule has 0 bridgehead atoms. The molecule has 0 heterocycles. The molecule has 1 atom stereocenters. The second kappa shape index (κ2) is 11.8. The largest absolute Gasteiger partial charge is 0.502 e. The number of benzene rings is 1. The van der Waals surface area contributed by atoms with Gasteiger partial charge in [0.25, 0.3) is 0 Å². The van der Waals surface area contributed by atoms with Crippen molar-refractivity contribution in [3.63, 3.8) is 0 Å². The monoisotopic (exact) mass is 386 g/mol. The van der Waals surface area contributed by atoms with Crippen LogP contribution < -0.4 is 0 Å². The summed E-state index contributed by atoms with van der Waals surface area (Å²) in [6.07, 6.45) is -0.705. The third kappa shape index (κ3) is 7.62. The van der Waals surface area contributed by atoms with Crippen LogP contribution in [0, 0.1) is 0 Å². The summed E-state index contributed by atoms with van der Waals surface area (Å²) in [5.41, 5.74) is 0.422. The lowest BCUT2D eigenvalue weighted by atomic mass is 10.2. The number of hydrogen-bond donors (Lipinski definition) is 0. The van der Waals surface area contributed by atoms with Gasteiger partial charge >= 0.3 is 20.7 Å². The van der Waals surface area contributed by atoms with Crippen LogP contribution in [-0.2, 0) is 32.3 Å². The molecular formula is C17H26O8Si. The van der Waals surface area contributed by atoms with Gasteiger partial charge in [0, 0.05) is 34.3 Å². The summed E-state index contributed by atoms with van der Waals surface area (Å²) >= 11 is 0. The van der Waals surface area contributed by atoms with Crippen LogP contribution in [0.2, 0.25) is 6.04 Å². The molecule has 1 rings (SSSR count). The average molecular weight is 386 g/mol. The second-order valence-corrected chi connectivity index (χ2v) is 8.41. The fourth-order valence-corrected chi connectivity index (χ4v) is 3.65. The lowest BCUT2D eigenvalue weighted by Gasteiger charge is -2.24. The van der Waals surface area contributed by atoms with Crippen molar-refractivity contribution >= 4 is 20.7 Å². The van der Waals surface area contributed by atoms with Crippen molar-refractivity contribution in [1.82, 2.24) is 0 Å². The number of esters is 2. The minimum Gasteiger partial charge on any atom is -0.458 e. The van der Waals surface area contributed by atoms with Gasteiger partial charge in [-0.05, 0) is 12.1 Å². The first-order chi connectivity index (χ1) is 12.5. The van der Waals surface area contributed by atoms with Crippen molar-refractivity contribution in [2.45, 2.75) is 19.1 Å². The van der Waals surface area contributed by atoms with E-state index < -0.39 is 26.8 Å². The smallest absolute Gasteiger partial charge is 0.458 e. The molecule has 0 aliphatic heterocycles. The van der Waals surface area contributed by atoms with E-state index in [2.05, 4.69) is 0 Å². The number of carbonyl (C=O) groups excluding carboxylic acids is 2. The van der Waals surface area contributed by atoms with Crippen molar-refractivity contribution in [2.75, 3.05) is 41.2 Å². The molecule has 0 aromatic heterocycles. The molecule has 1 unspecified atom stereocenters. The fourth-order valence-electron chi connectivity index (χ4n) is 2.15. The van der Waals surface area contributed by atoms with Gasteiger partial charge in [-0.1, -0.05) is 18.2 Å². The van der Waals surface area contributed by atoms with Crippen LogP contribution >= 0.6 is 0 Å². The summed E-state index contributed by atoms with van der Waals surface area (Å²) in [6, 6.07) is 9.00. The Hall–Kier alpha value is -1.78. The van der Waals surface area contributed by atoms with E-state index in [1.54, 1.807) is 30.3 Å². The quantitative estimate of drug-likeness (QED) is 0.304. The average Bonchev–Trinajstić information content (AvgIpc) is 2.66. The van der Waals surface area contributed by atoms with Gasteiger partial charge in [-0.15, -0.1) is 0 Å². The summed E-state index contributed by atoms with van der Waals surface area (Å²) in [7, 11) is 1.83. The third-order valence-corrected chi connectivity index (χ3v) is 6.21. The second-order valence-electron chi connectivity index (χ2n) is 5.32. The van der Waals surface area contributed by atoms with E-state index in [1.165, 1.54) is 28.3 Å². The van der Waals surface area contributed by atoms with E-state index in [-0.39, 0.29) is 19.8 Å². The SMILES string of the molecule is CO[Si](CCOCC(COC(=O)c1ccccc1)OC(C)=O)(OC)OC.